The number of benzene rings is 1. The number of methoxy groups -OCH3 is 1. The van der Waals surface area contributed by atoms with Crippen LogP contribution in [-0.2, 0) is 17.1 Å². The van der Waals surface area contributed by atoms with Crippen LogP contribution in [0.15, 0.2) is 58.6 Å². The Bertz CT molecular complexity index is 1330. The summed E-state index contributed by atoms with van der Waals surface area (Å²) in [7, 11) is 1.61. The van der Waals surface area contributed by atoms with E-state index in [1.807, 2.05) is 11.5 Å². The van der Waals surface area contributed by atoms with Crippen molar-refractivity contribution in [2.75, 3.05) is 13.7 Å². The first-order chi connectivity index (χ1) is 16.0. The summed E-state index contributed by atoms with van der Waals surface area (Å²) in [6, 6.07) is 10.9. The topological polar surface area (TPSA) is 83.5 Å². The Balaban J connectivity index is 1.56. The van der Waals surface area contributed by atoms with Gasteiger partial charge in [0.25, 0.3) is 5.56 Å². The van der Waals surface area contributed by atoms with Gasteiger partial charge in [0.15, 0.2) is 22.5 Å². The maximum atomic E-state index is 13.9. The van der Waals surface area contributed by atoms with E-state index in [2.05, 4.69) is 15.2 Å². The van der Waals surface area contributed by atoms with Crippen LogP contribution in [0, 0.1) is 5.82 Å². The first-order valence-corrected chi connectivity index (χ1v) is 11.4. The van der Waals surface area contributed by atoms with Crippen molar-refractivity contribution in [2.24, 2.45) is 0 Å². The Hall–Kier alpha value is -2.95. The van der Waals surface area contributed by atoms with Crippen LogP contribution in [0.3, 0.4) is 0 Å². The SMILES string of the molecule is COC[C@H](C)n1c(COc2ccccc2F)nnc1SCc1cc(=O)n2cc(Cl)ccc2n1. The van der Waals surface area contributed by atoms with E-state index in [0.717, 1.165) is 0 Å². The number of ether oxygens (including phenoxy) is 2. The molecule has 0 aliphatic rings. The lowest BCUT2D eigenvalue weighted by molar-refractivity contribution is 0.154. The maximum Gasteiger partial charge on any atom is 0.258 e. The van der Waals surface area contributed by atoms with E-state index in [1.165, 1.54) is 34.5 Å². The number of aromatic nitrogens is 5. The Kier molecular flexibility index (Phi) is 7.26. The van der Waals surface area contributed by atoms with Crippen LogP contribution in [0.5, 0.6) is 5.75 Å². The first kappa shape index (κ1) is 23.2. The predicted molar refractivity (Wildman–Crippen MR) is 123 cm³/mol. The van der Waals surface area contributed by atoms with Gasteiger partial charge in [-0.05, 0) is 31.2 Å². The Morgan fingerprint density at radius 1 is 1.21 bits per heavy atom. The molecular formula is C22H21ClFN5O3S. The molecule has 3 aromatic heterocycles. The van der Waals surface area contributed by atoms with Crippen LogP contribution in [0.2, 0.25) is 5.02 Å². The fourth-order valence-electron chi connectivity index (χ4n) is 3.31. The lowest BCUT2D eigenvalue weighted by atomic mass is 10.3. The van der Waals surface area contributed by atoms with E-state index in [9.17, 15) is 9.18 Å². The second-order valence-electron chi connectivity index (χ2n) is 7.24. The molecule has 172 valence electrons. The zero-order chi connectivity index (χ0) is 23.4. The van der Waals surface area contributed by atoms with Crippen molar-refractivity contribution < 1.29 is 13.9 Å². The fraction of sp³-hybridized carbons (Fsp3) is 0.273. The third-order valence-corrected chi connectivity index (χ3v) is 6.00. The molecule has 0 fully saturated rings. The average molecular weight is 490 g/mol. The van der Waals surface area contributed by atoms with Gasteiger partial charge in [0.05, 0.1) is 23.4 Å². The molecule has 1 atom stereocenters. The molecule has 1 aromatic carbocycles. The van der Waals surface area contributed by atoms with Crippen molar-refractivity contribution in [2.45, 2.75) is 30.5 Å². The van der Waals surface area contributed by atoms with Gasteiger partial charge in [0, 0.05) is 25.1 Å². The predicted octanol–water partition coefficient (Wildman–Crippen LogP) is 4.16. The quantitative estimate of drug-likeness (QED) is 0.326. The lowest BCUT2D eigenvalue weighted by Crippen LogP contribution is -2.17. The van der Waals surface area contributed by atoms with Crippen molar-refractivity contribution in [3.8, 4) is 5.75 Å². The number of hydrogen-bond acceptors (Lipinski definition) is 7. The van der Waals surface area contributed by atoms with E-state index in [4.69, 9.17) is 21.1 Å². The van der Waals surface area contributed by atoms with Crippen molar-refractivity contribution in [1.82, 2.24) is 24.1 Å². The molecule has 0 amide bonds. The summed E-state index contributed by atoms with van der Waals surface area (Å²) >= 11 is 7.36. The highest BCUT2D eigenvalue weighted by Gasteiger charge is 2.19. The third-order valence-electron chi connectivity index (χ3n) is 4.80. The van der Waals surface area contributed by atoms with Crippen molar-refractivity contribution in [3.63, 3.8) is 0 Å². The number of hydrogen-bond donors (Lipinski definition) is 0. The summed E-state index contributed by atoms with van der Waals surface area (Å²) in [5.74, 6) is 0.631. The molecule has 3 heterocycles. The summed E-state index contributed by atoms with van der Waals surface area (Å²) in [5.41, 5.74) is 0.896. The Labute approximate surface area is 198 Å². The van der Waals surface area contributed by atoms with Gasteiger partial charge >= 0.3 is 0 Å². The van der Waals surface area contributed by atoms with Gasteiger partial charge in [-0.1, -0.05) is 35.5 Å². The van der Waals surface area contributed by atoms with Gasteiger partial charge < -0.3 is 9.47 Å². The number of halogens is 2. The summed E-state index contributed by atoms with van der Waals surface area (Å²) in [4.78, 5) is 17.0. The van der Waals surface area contributed by atoms with Gasteiger partial charge in [-0.25, -0.2) is 9.37 Å². The van der Waals surface area contributed by atoms with E-state index >= 15 is 0 Å². The van der Waals surface area contributed by atoms with Gasteiger partial charge in [0.2, 0.25) is 0 Å². The highest BCUT2D eigenvalue weighted by Crippen LogP contribution is 2.26. The van der Waals surface area contributed by atoms with Crippen LogP contribution in [0.4, 0.5) is 4.39 Å². The van der Waals surface area contributed by atoms with Crippen molar-refractivity contribution >= 4 is 29.0 Å². The molecule has 8 nitrogen and oxygen atoms in total. The van der Waals surface area contributed by atoms with Crippen LogP contribution in [0.25, 0.3) is 5.65 Å². The molecule has 33 heavy (non-hydrogen) atoms. The van der Waals surface area contributed by atoms with Gasteiger partial charge in [-0.3, -0.25) is 13.8 Å². The van der Waals surface area contributed by atoms with Gasteiger partial charge in [-0.2, -0.15) is 0 Å². The standard InChI is InChI=1S/C22H21ClFN5O3S/c1-14(11-31-2)29-20(12-32-18-6-4-3-5-17(18)24)26-27-22(29)33-13-16-9-21(30)28-10-15(23)7-8-19(28)25-16/h3-10,14H,11-13H2,1-2H3/t14-/m0/s1. The zero-order valence-electron chi connectivity index (χ0n) is 17.9. The monoisotopic (exact) mass is 489 g/mol. The molecular weight excluding hydrogens is 469 g/mol. The smallest absolute Gasteiger partial charge is 0.258 e. The highest BCUT2D eigenvalue weighted by molar-refractivity contribution is 7.98. The molecule has 0 radical (unpaired) electrons. The zero-order valence-corrected chi connectivity index (χ0v) is 19.5. The average Bonchev–Trinajstić information content (AvgIpc) is 3.21. The summed E-state index contributed by atoms with van der Waals surface area (Å²) in [6.45, 7) is 2.43. The molecule has 0 spiro atoms. The molecule has 0 unspecified atom stereocenters. The largest absolute Gasteiger partial charge is 0.483 e. The van der Waals surface area contributed by atoms with Crippen LogP contribution < -0.4 is 10.3 Å². The molecule has 4 aromatic rings. The van der Waals surface area contributed by atoms with Crippen molar-refractivity contribution in [3.05, 3.63) is 81.4 Å². The number of thioether (sulfide) groups is 1. The number of nitrogens with zero attached hydrogens (tertiary/aromatic N) is 5. The lowest BCUT2D eigenvalue weighted by Gasteiger charge is -2.17. The molecule has 0 N–H and O–H groups in total. The van der Waals surface area contributed by atoms with Gasteiger partial charge in [-0.15, -0.1) is 10.2 Å². The summed E-state index contributed by atoms with van der Waals surface area (Å²) < 4.78 is 28.1. The fourth-order valence-corrected chi connectivity index (χ4v) is 4.41. The second kappa shape index (κ2) is 10.3. The van der Waals surface area contributed by atoms with Gasteiger partial charge in [0.1, 0.15) is 12.3 Å². The second-order valence-corrected chi connectivity index (χ2v) is 8.62. The van der Waals surface area contributed by atoms with Crippen LogP contribution >= 0.6 is 23.4 Å². The minimum atomic E-state index is -0.446. The maximum absolute atomic E-state index is 13.9. The summed E-state index contributed by atoms with van der Waals surface area (Å²) in [5, 5.41) is 9.60. The molecule has 0 aliphatic heterocycles. The minimum absolute atomic E-state index is 0.0406. The molecule has 0 saturated carbocycles. The molecule has 11 heteroatoms. The third kappa shape index (κ3) is 5.35. The Morgan fingerprint density at radius 2 is 2.03 bits per heavy atom. The van der Waals surface area contributed by atoms with E-state index in [0.29, 0.717) is 39.7 Å². The Morgan fingerprint density at radius 3 is 2.82 bits per heavy atom. The van der Waals surface area contributed by atoms with E-state index in [1.54, 1.807) is 37.4 Å². The number of para-hydroxylation sites is 1. The van der Waals surface area contributed by atoms with Crippen molar-refractivity contribution in [1.29, 1.82) is 0 Å². The molecule has 0 bridgehead atoms. The van der Waals surface area contributed by atoms with Crippen LogP contribution in [-0.4, -0.2) is 37.9 Å². The first-order valence-electron chi connectivity index (χ1n) is 10.1. The number of rotatable bonds is 9. The van der Waals surface area contributed by atoms with E-state index < -0.39 is 5.82 Å². The highest BCUT2D eigenvalue weighted by atomic mass is 35.5. The number of pyridine rings is 1. The molecule has 0 saturated heterocycles. The molecule has 4 rings (SSSR count). The minimum Gasteiger partial charge on any atom is -0.483 e. The van der Waals surface area contributed by atoms with Crippen LogP contribution in [0.1, 0.15) is 24.5 Å². The van der Waals surface area contributed by atoms with E-state index in [-0.39, 0.29) is 24.0 Å². The number of fused-ring (bicyclic) bond motifs is 1. The molecule has 0 aliphatic carbocycles. The normalized spacial score (nSPS) is 12.2. The summed E-state index contributed by atoms with van der Waals surface area (Å²) in [6.07, 6.45) is 1.54.